The van der Waals surface area contributed by atoms with Crippen molar-refractivity contribution in [1.29, 1.82) is 0 Å². The lowest BCUT2D eigenvalue weighted by atomic mass is 10.1. The molecule has 0 aliphatic heterocycles. The van der Waals surface area contributed by atoms with Gasteiger partial charge in [-0.25, -0.2) is 0 Å². The molecule has 0 radical (unpaired) electrons. The molecule has 1 aromatic carbocycles. The van der Waals surface area contributed by atoms with E-state index in [0.29, 0.717) is 6.04 Å². The lowest BCUT2D eigenvalue weighted by molar-refractivity contribution is 0.569. The fourth-order valence-corrected chi connectivity index (χ4v) is 4.33. The van der Waals surface area contributed by atoms with Crippen molar-refractivity contribution in [2.45, 2.75) is 43.4 Å². The topological polar surface area (TPSA) is 50.9 Å². The average molecular weight is 301 g/mol. The largest absolute Gasteiger partial charge is 0.271 e. The molecule has 2 aromatic rings. The highest BCUT2D eigenvalue weighted by Gasteiger charge is 2.18. The number of hydrazine groups is 1. The van der Waals surface area contributed by atoms with Gasteiger partial charge < -0.3 is 0 Å². The summed E-state index contributed by atoms with van der Waals surface area (Å²) >= 11 is 2.07. The van der Waals surface area contributed by atoms with Crippen molar-refractivity contribution in [3.63, 3.8) is 0 Å². The van der Waals surface area contributed by atoms with Crippen LogP contribution in [0.1, 0.15) is 31.4 Å². The van der Waals surface area contributed by atoms with Gasteiger partial charge in [-0.2, -0.15) is 11.8 Å². The summed E-state index contributed by atoms with van der Waals surface area (Å²) in [6, 6.07) is 12.8. The Balaban J connectivity index is 1.61. The van der Waals surface area contributed by atoms with Gasteiger partial charge in [0.05, 0.1) is 5.52 Å². The molecule has 1 atom stereocenters. The van der Waals surface area contributed by atoms with E-state index in [-0.39, 0.29) is 0 Å². The number of fused-ring (bicyclic) bond motifs is 1. The standard InChI is InChI=1S/C17H23N3S/c18-20-15(12-21-16-6-2-3-7-16)11-14-10-9-13-5-1-4-8-17(13)19-14/h1,4-5,8-10,15-16,20H,2-3,6-7,11-12,18H2. The lowest BCUT2D eigenvalue weighted by Gasteiger charge is -2.17. The van der Waals surface area contributed by atoms with Crippen LogP contribution in [0, 0.1) is 0 Å². The second kappa shape index (κ2) is 7.25. The number of aromatic nitrogens is 1. The van der Waals surface area contributed by atoms with Crippen LogP contribution in [0.2, 0.25) is 0 Å². The number of nitrogens with two attached hydrogens (primary N) is 1. The minimum Gasteiger partial charge on any atom is -0.271 e. The van der Waals surface area contributed by atoms with Crippen molar-refractivity contribution in [3.05, 3.63) is 42.1 Å². The molecule has 1 aromatic heterocycles. The first kappa shape index (κ1) is 14.8. The quantitative estimate of drug-likeness (QED) is 0.635. The summed E-state index contributed by atoms with van der Waals surface area (Å²) in [6.07, 6.45) is 6.42. The average Bonchev–Trinajstić information content (AvgIpc) is 3.04. The van der Waals surface area contributed by atoms with Crippen LogP contribution in [0.15, 0.2) is 36.4 Å². The first-order valence-electron chi connectivity index (χ1n) is 7.77. The summed E-state index contributed by atoms with van der Waals surface area (Å²) < 4.78 is 0. The predicted octanol–water partition coefficient (Wildman–Crippen LogP) is 3.29. The third-order valence-electron chi connectivity index (χ3n) is 4.18. The van der Waals surface area contributed by atoms with Gasteiger partial charge in [-0.3, -0.25) is 16.3 Å². The minimum atomic E-state index is 0.296. The predicted molar refractivity (Wildman–Crippen MR) is 91.3 cm³/mol. The van der Waals surface area contributed by atoms with Crippen molar-refractivity contribution in [3.8, 4) is 0 Å². The Hall–Kier alpha value is -1.10. The van der Waals surface area contributed by atoms with Crippen LogP contribution in [0.4, 0.5) is 0 Å². The summed E-state index contributed by atoms with van der Waals surface area (Å²) in [5.41, 5.74) is 5.14. The second-order valence-corrected chi connectivity index (χ2v) is 7.14. The van der Waals surface area contributed by atoms with E-state index >= 15 is 0 Å². The van der Waals surface area contributed by atoms with E-state index in [1.807, 2.05) is 12.1 Å². The van der Waals surface area contributed by atoms with Crippen molar-refractivity contribution in [2.24, 2.45) is 5.84 Å². The Morgan fingerprint density at radius 1 is 1.19 bits per heavy atom. The van der Waals surface area contributed by atoms with Gasteiger partial charge in [0.1, 0.15) is 0 Å². The van der Waals surface area contributed by atoms with Gasteiger partial charge in [0, 0.05) is 34.5 Å². The fourth-order valence-electron chi connectivity index (χ4n) is 2.95. The Labute approximate surface area is 130 Å². The molecular formula is C17H23N3S. The van der Waals surface area contributed by atoms with Crippen LogP contribution < -0.4 is 11.3 Å². The van der Waals surface area contributed by atoms with Gasteiger partial charge in [-0.05, 0) is 25.0 Å². The van der Waals surface area contributed by atoms with E-state index in [0.717, 1.165) is 28.6 Å². The normalized spacial score (nSPS) is 17.4. The number of nitrogens with zero attached hydrogens (tertiary/aromatic N) is 1. The van der Waals surface area contributed by atoms with Crippen LogP contribution in [0.25, 0.3) is 10.9 Å². The monoisotopic (exact) mass is 301 g/mol. The van der Waals surface area contributed by atoms with Crippen LogP contribution in [0.5, 0.6) is 0 Å². The molecule has 0 amide bonds. The third kappa shape index (κ3) is 3.96. The number of nitrogens with one attached hydrogen (secondary N) is 1. The molecule has 1 aliphatic carbocycles. The highest BCUT2D eigenvalue weighted by Crippen LogP contribution is 2.29. The number of hydrogen-bond donors (Lipinski definition) is 2. The molecule has 21 heavy (non-hydrogen) atoms. The van der Waals surface area contributed by atoms with Gasteiger partial charge >= 0.3 is 0 Å². The lowest BCUT2D eigenvalue weighted by Crippen LogP contribution is -2.39. The molecule has 0 spiro atoms. The first-order chi connectivity index (χ1) is 10.3. The third-order valence-corrected chi connectivity index (χ3v) is 5.72. The highest BCUT2D eigenvalue weighted by molar-refractivity contribution is 7.99. The van der Waals surface area contributed by atoms with Crippen LogP contribution in [-0.4, -0.2) is 22.0 Å². The molecule has 1 unspecified atom stereocenters. The van der Waals surface area contributed by atoms with Crippen molar-refractivity contribution in [2.75, 3.05) is 5.75 Å². The molecule has 0 bridgehead atoms. The van der Waals surface area contributed by atoms with Crippen LogP contribution in [0.3, 0.4) is 0 Å². The molecule has 1 fully saturated rings. The molecule has 1 heterocycles. The maximum Gasteiger partial charge on any atom is 0.0705 e. The summed E-state index contributed by atoms with van der Waals surface area (Å²) in [6.45, 7) is 0. The molecule has 1 aliphatic rings. The Kier molecular flexibility index (Phi) is 5.12. The van der Waals surface area contributed by atoms with E-state index in [2.05, 4.69) is 41.5 Å². The molecule has 3 N–H and O–H groups in total. The van der Waals surface area contributed by atoms with E-state index in [1.54, 1.807) is 0 Å². The van der Waals surface area contributed by atoms with Gasteiger partial charge in [0.25, 0.3) is 0 Å². The van der Waals surface area contributed by atoms with Gasteiger partial charge in [-0.15, -0.1) is 0 Å². The number of pyridine rings is 1. The summed E-state index contributed by atoms with van der Waals surface area (Å²) in [5, 5.41) is 2.03. The molecule has 3 rings (SSSR count). The number of rotatable bonds is 6. The molecule has 1 saturated carbocycles. The number of thioether (sulfide) groups is 1. The zero-order valence-corrected chi connectivity index (χ0v) is 13.1. The van der Waals surface area contributed by atoms with E-state index in [4.69, 9.17) is 10.8 Å². The Bertz CT molecular complexity index is 581. The number of hydrogen-bond acceptors (Lipinski definition) is 4. The van der Waals surface area contributed by atoms with Crippen molar-refractivity contribution < 1.29 is 0 Å². The first-order valence-corrected chi connectivity index (χ1v) is 8.82. The fraction of sp³-hybridized carbons (Fsp3) is 0.471. The molecule has 112 valence electrons. The maximum absolute atomic E-state index is 5.73. The van der Waals surface area contributed by atoms with E-state index in [9.17, 15) is 0 Å². The smallest absolute Gasteiger partial charge is 0.0705 e. The molecule has 3 nitrogen and oxygen atoms in total. The van der Waals surface area contributed by atoms with Gasteiger partial charge in [0.15, 0.2) is 0 Å². The Morgan fingerprint density at radius 3 is 2.81 bits per heavy atom. The van der Waals surface area contributed by atoms with Crippen LogP contribution >= 0.6 is 11.8 Å². The van der Waals surface area contributed by atoms with Gasteiger partial charge in [-0.1, -0.05) is 37.1 Å². The zero-order valence-electron chi connectivity index (χ0n) is 12.3. The minimum absolute atomic E-state index is 0.296. The second-order valence-electron chi connectivity index (χ2n) is 5.80. The van der Waals surface area contributed by atoms with Crippen LogP contribution in [-0.2, 0) is 6.42 Å². The van der Waals surface area contributed by atoms with Gasteiger partial charge in [0.2, 0.25) is 0 Å². The number of benzene rings is 1. The zero-order chi connectivity index (χ0) is 14.5. The molecular weight excluding hydrogens is 278 g/mol. The van der Waals surface area contributed by atoms with Crippen molar-refractivity contribution in [1.82, 2.24) is 10.4 Å². The maximum atomic E-state index is 5.73. The van der Waals surface area contributed by atoms with E-state index < -0.39 is 0 Å². The molecule has 0 saturated heterocycles. The van der Waals surface area contributed by atoms with E-state index in [1.165, 1.54) is 31.1 Å². The summed E-state index contributed by atoms with van der Waals surface area (Å²) in [7, 11) is 0. The SMILES string of the molecule is NNC(CSC1CCCC1)Cc1ccc2ccccc2n1. The summed E-state index contributed by atoms with van der Waals surface area (Å²) in [5.74, 6) is 6.79. The number of para-hydroxylation sites is 1. The summed E-state index contributed by atoms with van der Waals surface area (Å²) in [4.78, 5) is 4.74. The highest BCUT2D eigenvalue weighted by atomic mass is 32.2. The molecule has 4 heteroatoms. The Morgan fingerprint density at radius 2 is 2.00 bits per heavy atom. The van der Waals surface area contributed by atoms with Crippen molar-refractivity contribution >= 4 is 22.7 Å².